The first kappa shape index (κ1) is 15.2. The van der Waals surface area contributed by atoms with Crippen LogP contribution in [0, 0.1) is 17.6 Å². The van der Waals surface area contributed by atoms with Crippen LogP contribution in [-0.2, 0) is 0 Å². The van der Waals surface area contributed by atoms with E-state index in [0.717, 1.165) is 18.9 Å². The van der Waals surface area contributed by atoms with E-state index in [9.17, 15) is 18.4 Å². The number of carbonyl (C=O) groups excluding carboxylic acids is 1. The summed E-state index contributed by atoms with van der Waals surface area (Å²) >= 11 is 0. The second kappa shape index (κ2) is 6.07. The van der Waals surface area contributed by atoms with E-state index in [4.69, 9.17) is 5.11 Å². The number of urea groups is 1. The molecule has 0 atom stereocenters. The summed E-state index contributed by atoms with van der Waals surface area (Å²) in [6.45, 7) is 2.83. The number of amides is 2. The molecule has 0 saturated heterocycles. The lowest BCUT2D eigenvalue weighted by molar-refractivity contribution is 0.0691. The maximum atomic E-state index is 13.6. The van der Waals surface area contributed by atoms with E-state index in [0.29, 0.717) is 25.1 Å². The van der Waals surface area contributed by atoms with E-state index in [1.807, 2.05) is 0 Å². The Labute approximate surface area is 120 Å². The van der Waals surface area contributed by atoms with Crippen LogP contribution in [-0.4, -0.2) is 35.1 Å². The monoisotopic (exact) mass is 298 g/mol. The van der Waals surface area contributed by atoms with Gasteiger partial charge in [0, 0.05) is 19.2 Å². The fourth-order valence-corrected chi connectivity index (χ4v) is 1.97. The van der Waals surface area contributed by atoms with Gasteiger partial charge in [0.05, 0.1) is 11.3 Å². The van der Waals surface area contributed by atoms with Gasteiger partial charge in [0.2, 0.25) is 0 Å². The molecule has 1 aliphatic carbocycles. The van der Waals surface area contributed by atoms with Crippen LogP contribution in [0.25, 0.3) is 0 Å². The quantitative estimate of drug-likeness (QED) is 0.878. The Balaban J connectivity index is 2.15. The maximum Gasteiger partial charge on any atom is 0.338 e. The van der Waals surface area contributed by atoms with E-state index >= 15 is 0 Å². The largest absolute Gasteiger partial charge is 0.478 e. The van der Waals surface area contributed by atoms with Gasteiger partial charge in [0.15, 0.2) is 0 Å². The molecule has 0 spiro atoms. The van der Waals surface area contributed by atoms with Gasteiger partial charge < -0.3 is 15.3 Å². The predicted molar refractivity (Wildman–Crippen MR) is 72.3 cm³/mol. The minimum atomic E-state index is -1.52. The number of aromatic carboxylic acids is 1. The molecule has 0 aromatic heterocycles. The summed E-state index contributed by atoms with van der Waals surface area (Å²) in [4.78, 5) is 24.4. The fourth-order valence-electron chi connectivity index (χ4n) is 1.97. The first-order valence-electron chi connectivity index (χ1n) is 6.70. The van der Waals surface area contributed by atoms with Gasteiger partial charge in [-0.05, 0) is 31.7 Å². The van der Waals surface area contributed by atoms with Crippen LogP contribution >= 0.6 is 0 Å². The van der Waals surface area contributed by atoms with Crippen LogP contribution < -0.4 is 5.32 Å². The van der Waals surface area contributed by atoms with Gasteiger partial charge in [0.1, 0.15) is 11.6 Å². The van der Waals surface area contributed by atoms with Crippen LogP contribution in [0.1, 0.15) is 30.1 Å². The molecule has 0 unspecified atom stereocenters. The van der Waals surface area contributed by atoms with Crippen molar-refractivity contribution in [2.75, 3.05) is 18.4 Å². The van der Waals surface area contributed by atoms with E-state index in [1.165, 1.54) is 4.90 Å². The fraction of sp³-hybridized carbons (Fsp3) is 0.429. The number of benzene rings is 1. The zero-order valence-corrected chi connectivity index (χ0v) is 11.5. The predicted octanol–water partition coefficient (Wildman–Crippen LogP) is 2.93. The lowest BCUT2D eigenvalue weighted by Gasteiger charge is -2.21. The molecule has 21 heavy (non-hydrogen) atoms. The van der Waals surface area contributed by atoms with Gasteiger partial charge in [-0.15, -0.1) is 0 Å². The molecule has 2 amide bonds. The SMILES string of the molecule is CCN(CC1CC1)C(=O)Nc1cc(C(=O)O)c(F)cc1F. The lowest BCUT2D eigenvalue weighted by Crippen LogP contribution is -2.36. The average molecular weight is 298 g/mol. The van der Waals surface area contributed by atoms with E-state index < -0.39 is 29.2 Å². The van der Waals surface area contributed by atoms with Crippen LogP contribution in [0.4, 0.5) is 19.3 Å². The zero-order chi connectivity index (χ0) is 15.6. The number of halogens is 2. The van der Waals surface area contributed by atoms with Crippen LogP contribution in [0.5, 0.6) is 0 Å². The summed E-state index contributed by atoms with van der Waals surface area (Å²) in [6.07, 6.45) is 2.13. The molecule has 0 bridgehead atoms. The number of anilines is 1. The van der Waals surface area contributed by atoms with Crippen molar-refractivity contribution in [3.63, 3.8) is 0 Å². The minimum Gasteiger partial charge on any atom is -0.478 e. The molecule has 1 aliphatic rings. The number of nitrogens with zero attached hydrogens (tertiary/aromatic N) is 1. The van der Waals surface area contributed by atoms with Gasteiger partial charge in [-0.2, -0.15) is 0 Å². The first-order chi connectivity index (χ1) is 9.92. The third-order valence-corrected chi connectivity index (χ3v) is 3.37. The van der Waals surface area contributed by atoms with E-state index in [2.05, 4.69) is 5.32 Å². The van der Waals surface area contributed by atoms with Crippen molar-refractivity contribution in [2.24, 2.45) is 5.92 Å². The van der Waals surface area contributed by atoms with Crippen molar-refractivity contribution >= 4 is 17.7 Å². The molecule has 0 aliphatic heterocycles. The smallest absolute Gasteiger partial charge is 0.338 e. The summed E-state index contributed by atoms with van der Waals surface area (Å²) in [7, 11) is 0. The molecule has 5 nitrogen and oxygen atoms in total. The second-order valence-electron chi connectivity index (χ2n) is 5.03. The minimum absolute atomic E-state index is 0.340. The van der Waals surface area contributed by atoms with Crippen molar-refractivity contribution in [3.8, 4) is 0 Å². The molecule has 7 heteroatoms. The van der Waals surface area contributed by atoms with Crippen molar-refractivity contribution in [2.45, 2.75) is 19.8 Å². The Kier molecular flexibility index (Phi) is 4.40. The number of nitrogens with one attached hydrogen (secondary N) is 1. The van der Waals surface area contributed by atoms with E-state index in [1.54, 1.807) is 6.92 Å². The average Bonchev–Trinajstić information content (AvgIpc) is 3.22. The molecule has 2 N–H and O–H groups in total. The van der Waals surface area contributed by atoms with Crippen LogP contribution in [0.3, 0.4) is 0 Å². The Morgan fingerprint density at radius 1 is 1.33 bits per heavy atom. The molecular formula is C14H16F2N2O3. The van der Waals surface area contributed by atoms with Crippen molar-refractivity contribution < 1.29 is 23.5 Å². The molecule has 1 aromatic rings. The summed E-state index contributed by atoms with van der Waals surface area (Å²) in [5.41, 5.74) is -1.02. The molecule has 114 valence electrons. The van der Waals surface area contributed by atoms with Gasteiger partial charge in [0.25, 0.3) is 0 Å². The molecule has 1 saturated carbocycles. The lowest BCUT2D eigenvalue weighted by atomic mass is 10.2. The summed E-state index contributed by atoms with van der Waals surface area (Å²) in [6, 6.07) is 0.720. The summed E-state index contributed by atoms with van der Waals surface area (Å²) < 4.78 is 26.9. The zero-order valence-electron chi connectivity index (χ0n) is 11.5. The second-order valence-corrected chi connectivity index (χ2v) is 5.03. The molecule has 2 rings (SSSR count). The highest BCUT2D eigenvalue weighted by Gasteiger charge is 2.26. The molecule has 1 fully saturated rings. The third kappa shape index (κ3) is 3.68. The van der Waals surface area contributed by atoms with Crippen molar-refractivity contribution in [1.82, 2.24) is 4.90 Å². The van der Waals surface area contributed by atoms with Gasteiger partial charge in [-0.1, -0.05) is 0 Å². The Morgan fingerprint density at radius 2 is 2.00 bits per heavy atom. The maximum absolute atomic E-state index is 13.6. The number of hydrogen-bond acceptors (Lipinski definition) is 2. The first-order valence-corrected chi connectivity index (χ1v) is 6.70. The Morgan fingerprint density at radius 3 is 2.52 bits per heavy atom. The highest BCUT2D eigenvalue weighted by Crippen LogP contribution is 2.30. The van der Waals surface area contributed by atoms with E-state index in [-0.39, 0.29) is 5.69 Å². The van der Waals surface area contributed by atoms with Crippen molar-refractivity contribution in [3.05, 3.63) is 29.3 Å². The molecule has 1 aromatic carbocycles. The number of carbonyl (C=O) groups is 2. The number of carboxylic acid groups (broad SMARTS) is 1. The van der Waals surface area contributed by atoms with Crippen molar-refractivity contribution in [1.29, 1.82) is 0 Å². The van der Waals surface area contributed by atoms with Gasteiger partial charge >= 0.3 is 12.0 Å². The number of carboxylic acids is 1. The summed E-state index contributed by atoms with van der Waals surface area (Å²) in [5, 5.41) is 11.1. The standard InChI is InChI=1S/C14H16F2N2O3/c1-2-18(7-8-3-4-8)14(21)17-12-5-9(13(19)20)10(15)6-11(12)16/h5-6,8H,2-4,7H2,1H3,(H,17,21)(H,19,20). The molecule has 0 radical (unpaired) electrons. The Bertz CT molecular complexity index is 574. The Hall–Kier alpha value is -2.18. The number of rotatable bonds is 5. The topological polar surface area (TPSA) is 69.6 Å². The van der Waals surface area contributed by atoms with Gasteiger partial charge in [-0.3, -0.25) is 0 Å². The molecule has 0 heterocycles. The highest BCUT2D eigenvalue weighted by atomic mass is 19.1. The van der Waals surface area contributed by atoms with Gasteiger partial charge in [-0.25, -0.2) is 18.4 Å². The van der Waals surface area contributed by atoms with Crippen LogP contribution in [0.2, 0.25) is 0 Å². The normalized spacial score (nSPS) is 13.9. The highest BCUT2D eigenvalue weighted by molar-refractivity contribution is 5.93. The van der Waals surface area contributed by atoms with Crippen LogP contribution in [0.15, 0.2) is 12.1 Å². The third-order valence-electron chi connectivity index (χ3n) is 3.37. The number of hydrogen-bond donors (Lipinski definition) is 2. The molecular weight excluding hydrogens is 282 g/mol. The summed E-state index contributed by atoms with van der Waals surface area (Å²) in [5.74, 6) is -3.23.